The molecular weight excluding hydrogens is 508 g/mol. The maximum absolute atomic E-state index is 15.4. The minimum absolute atomic E-state index is 0.124. The molecule has 0 radical (unpaired) electrons. The van der Waals surface area contributed by atoms with Crippen LogP contribution < -0.4 is 11.2 Å². The van der Waals surface area contributed by atoms with Crippen LogP contribution in [0.15, 0.2) is 44.9 Å². The molecule has 11 heteroatoms. The molecule has 1 saturated carbocycles. The molecule has 1 aliphatic heterocycles. The number of rotatable bonds is 5. The lowest BCUT2D eigenvalue weighted by Crippen LogP contribution is -2.37. The van der Waals surface area contributed by atoms with Crippen molar-refractivity contribution in [3.8, 4) is 5.69 Å². The van der Waals surface area contributed by atoms with E-state index in [-0.39, 0.29) is 29.9 Å². The zero-order valence-corrected chi connectivity index (χ0v) is 19.2. The zero-order valence-electron chi connectivity index (χ0n) is 16.8. The van der Waals surface area contributed by atoms with Gasteiger partial charge in [0.1, 0.15) is 16.9 Å². The third kappa shape index (κ3) is 2.70. The van der Waals surface area contributed by atoms with Gasteiger partial charge in [-0.15, -0.1) is 6.58 Å². The second kappa shape index (κ2) is 6.98. The van der Waals surface area contributed by atoms with Crippen LogP contribution in [0.1, 0.15) is 31.4 Å². The summed E-state index contributed by atoms with van der Waals surface area (Å²) in [7, 11) is -4.31. The first-order valence-corrected chi connectivity index (χ1v) is 12.3. The molecule has 32 heavy (non-hydrogen) atoms. The van der Waals surface area contributed by atoms with Crippen molar-refractivity contribution in [1.29, 1.82) is 0 Å². The number of allylic oxidation sites excluding steroid dienone is 1. The number of benzene rings is 1. The highest BCUT2D eigenvalue weighted by Crippen LogP contribution is 2.48. The van der Waals surface area contributed by atoms with Crippen LogP contribution in [0.3, 0.4) is 0 Å². The Labute approximate surface area is 189 Å². The van der Waals surface area contributed by atoms with E-state index in [1.54, 1.807) is 0 Å². The van der Waals surface area contributed by atoms with Crippen molar-refractivity contribution < 1.29 is 17.2 Å². The van der Waals surface area contributed by atoms with Crippen LogP contribution in [0.2, 0.25) is 0 Å². The Morgan fingerprint density at radius 1 is 1.19 bits per heavy atom. The number of hydrogen-bond acceptors (Lipinski definition) is 4. The molecule has 3 aromatic rings. The van der Waals surface area contributed by atoms with Crippen molar-refractivity contribution >= 4 is 37.0 Å². The molecule has 0 amide bonds. The molecule has 0 saturated heterocycles. The van der Waals surface area contributed by atoms with Crippen LogP contribution >= 0.6 is 15.9 Å². The number of nitrogens with zero attached hydrogens (tertiary/aromatic N) is 3. The van der Waals surface area contributed by atoms with Gasteiger partial charge in [0.15, 0.2) is 0 Å². The van der Waals surface area contributed by atoms with Gasteiger partial charge >= 0.3 is 5.69 Å². The second-order valence-corrected chi connectivity index (χ2v) is 11.3. The Morgan fingerprint density at radius 3 is 2.53 bits per heavy atom. The number of pyridine rings is 1. The monoisotopic (exact) mass is 525 g/mol. The molecule has 0 N–H and O–H groups in total. The Kier molecular flexibility index (Phi) is 4.65. The first-order valence-electron chi connectivity index (χ1n) is 10.0. The fourth-order valence-corrected chi connectivity index (χ4v) is 6.96. The number of imidazole rings is 1. The number of hydrogen-bond donors (Lipinski definition) is 0. The molecule has 0 atom stereocenters. The molecule has 7 nitrogen and oxygen atoms in total. The number of aryl methyl sites for hydroxylation is 1. The summed E-state index contributed by atoms with van der Waals surface area (Å²) in [6.07, 6.45) is 3.03. The normalized spacial score (nSPS) is 17.0. The highest BCUT2D eigenvalue weighted by Gasteiger charge is 2.56. The average molecular weight is 526 g/mol. The molecule has 1 aromatic carbocycles. The maximum Gasteiger partial charge on any atom is 0.347 e. The molecule has 5 rings (SSSR count). The molecule has 0 spiro atoms. The Bertz CT molecular complexity index is 1550. The average Bonchev–Trinajstić information content (AvgIpc) is 3.25. The van der Waals surface area contributed by atoms with Crippen molar-refractivity contribution in [3.63, 3.8) is 0 Å². The Balaban J connectivity index is 1.99. The quantitative estimate of drug-likeness (QED) is 0.479. The molecular formula is C21H18BrF2N3O4S. The van der Waals surface area contributed by atoms with Crippen molar-refractivity contribution in [1.82, 2.24) is 13.1 Å². The van der Waals surface area contributed by atoms with Gasteiger partial charge in [-0.2, -0.15) is 8.36 Å². The molecule has 0 bridgehead atoms. The van der Waals surface area contributed by atoms with Crippen molar-refractivity contribution in [2.24, 2.45) is 0 Å². The van der Waals surface area contributed by atoms with Gasteiger partial charge < -0.3 is 4.57 Å². The van der Waals surface area contributed by atoms with E-state index in [0.717, 1.165) is 6.07 Å². The molecule has 2 aromatic heterocycles. The fraction of sp³-hybridized carbons (Fsp3) is 0.333. The molecule has 168 valence electrons. The predicted octanol–water partition coefficient (Wildman–Crippen LogP) is 3.23. The number of aromatic nitrogens is 3. The van der Waals surface area contributed by atoms with Crippen LogP contribution in [0.5, 0.6) is 0 Å². The van der Waals surface area contributed by atoms with Gasteiger partial charge in [0.2, 0.25) is 15.8 Å². The van der Waals surface area contributed by atoms with Gasteiger partial charge in [-0.3, -0.25) is 9.36 Å². The lowest BCUT2D eigenvalue weighted by molar-refractivity contribution is 0.565. The van der Waals surface area contributed by atoms with E-state index >= 15 is 4.39 Å². The fourth-order valence-electron chi connectivity index (χ4n) is 4.58. The van der Waals surface area contributed by atoms with Gasteiger partial charge in [0, 0.05) is 16.7 Å². The summed E-state index contributed by atoms with van der Waals surface area (Å²) in [6.45, 7) is 3.83. The standard InChI is InChI=1S/C21H18BrF2N3O4S/c1-2-7-21(8-9-21)32(30,31)27-17-15-4-3-10-25(15)19(28)16(24)18(17)26(20(27)29)14-6-5-12(22)11-13(14)23/h2,5-6,11H,1,3-4,7-10H2. The molecule has 1 aliphatic carbocycles. The zero-order chi connectivity index (χ0) is 23.0. The summed E-state index contributed by atoms with van der Waals surface area (Å²) in [6, 6.07) is 3.76. The van der Waals surface area contributed by atoms with Gasteiger partial charge in [0.05, 0.1) is 10.4 Å². The molecule has 2 aliphatic rings. The SMILES string of the molecule is C=CCC1(S(=O)(=O)n2c(=O)n(-c3ccc(Br)cc3F)c3c(F)c(=O)n4c(c32)CCC4)CC1. The van der Waals surface area contributed by atoms with Crippen LogP contribution in [-0.2, 0) is 23.0 Å². The van der Waals surface area contributed by atoms with E-state index in [0.29, 0.717) is 38.7 Å². The first-order chi connectivity index (χ1) is 15.1. The largest absolute Gasteiger partial charge is 0.347 e. The van der Waals surface area contributed by atoms with E-state index in [9.17, 15) is 22.4 Å². The van der Waals surface area contributed by atoms with Crippen LogP contribution in [0, 0.1) is 11.6 Å². The van der Waals surface area contributed by atoms with Gasteiger partial charge in [-0.1, -0.05) is 22.0 Å². The van der Waals surface area contributed by atoms with Gasteiger partial charge in [0.25, 0.3) is 5.56 Å². The van der Waals surface area contributed by atoms with Crippen LogP contribution in [0.4, 0.5) is 8.78 Å². The third-order valence-electron chi connectivity index (χ3n) is 6.31. The van der Waals surface area contributed by atoms with E-state index in [4.69, 9.17) is 0 Å². The summed E-state index contributed by atoms with van der Waals surface area (Å²) in [5.41, 5.74) is -2.88. The molecule has 0 unspecified atom stereocenters. The summed E-state index contributed by atoms with van der Waals surface area (Å²) < 4.78 is 59.3. The minimum Gasteiger partial charge on any atom is -0.308 e. The summed E-state index contributed by atoms with van der Waals surface area (Å²) in [5, 5.41) is 0. The van der Waals surface area contributed by atoms with E-state index in [1.807, 2.05) is 0 Å². The van der Waals surface area contributed by atoms with Gasteiger partial charge in [-0.25, -0.2) is 17.6 Å². The first kappa shape index (κ1) is 21.3. The minimum atomic E-state index is -4.31. The van der Waals surface area contributed by atoms with Crippen LogP contribution in [0.25, 0.3) is 16.7 Å². The van der Waals surface area contributed by atoms with E-state index in [2.05, 4.69) is 22.5 Å². The molecule has 3 heterocycles. The summed E-state index contributed by atoms with van der Waals surface area (Å²) in [4.78, 5) is 26.3. The Hall–Kier alpha value is -2.53. The number of halogens is 3. The van der Waals surface area contributed by atoms with Crippen LogP contribution in [-0.4, -0.2) is 26.3 Å². The maximum atomic E-state index is 15.4. The third-order valence-corrected chi connectivity index (χ3v) is 9.30. The number of fused-ring (bicyclic) bond motifs is 3. The second-order valence-electron chi connectivity index (χ2n) is 8.18. The topological polar surface area (TPSA) is 83.1 Å². The van der Waals surface area contributed by atoms with Crippen molar-refractivity contribution in [2.75, 3.05) is 0 Å². The van der Waals surface area contributed by atoms with Gasteiger partial charge in [-0.05, 0) is 50.3 Å². The van der Waals surface area contributed by atoms with Crippen molar-refractivity contribution in [3.05, 3.63) is 73.5 Å². The van der Waals surface area contributed by atoms with E-state index in [1.165, 1.54) is 22.8 Å². The smallest absolute Gasteiger partial charge is 0.308 e. The summed E-state index contributed by atoms with van der Waals surface area (Å²) in [5.74, 6) is -2.15. The lowest BCUT2D eigenvalue weighted by atomic mass is 10.2. The Morgan fingerprint density at radius 2 is 1.91 bits per heavy atom. The van der Waals surface area contributed by atoms with Crippen molar-refractivity contribution in [2.45, 2.75) is 43.4 Å². The lowest BCUT2D eigenvalue weighted by Gasteiger charge is -2.16. The highest BCUT2D eigenvalue weighted by atomic mass is 79.9. The van der Waals surface area contributed by atoms with E-state index < -0.39 is 43.2 Å². The summed E-state index contributed by atoms with van der Waals surface area (Å²) >= 11 is 3.13. The molecule has 1 fully saturated rings. The predicted molar refractivity (Wildman–Crippen MR) is 119 cm³/mol. The highest BCUT2D eigenvalue weighted by molar-refractivity contribution is 9.10.